The number of nitrogens with one attached hydrogen (secondary N) is 2. The lowest BCUT2D eigenvalue weighted by atomic mass is 10.2. The highest BCUT2D eigenvalue weighted by Crippen LogP contribution is 2.31. The van der Waals surface area contributed by atoms with Gasteiger partial charge in [0, 0.05) is 5.69 Å². The van der Waals surface area contributed by atoms with Gasteiger partial charge in [-0.2, -0.15) is 13.2 Å². The minimum absolute atomic E-state index is 0.0453. The Balaban J connectivity index is 2.13. The highest BCUT2D eigenvalue weighted by atomic mass is 19.4. The molecule has 0 aliphatic carbocycles. The molecule has 7 heteroatoms. The molecular weight excluding hydrogens is 309 g/mol. The first-order chi connectivity index (χ1) is 10.8. The van der Waals surface area contributed by atoms with Crippen molar-refractivity contribution in [2.75, 3.05) is 17.7 Å². The number of urea groups is 1. The maximum atomic E-state index is 12.7. The van der Waals surface area contributed by atoms with Gasteiger partial charge in [0.1, 0.15) is 5.75 Å². The summed E-state index contributed by atoms with van der Waals surface area (Å²) < 4.78 is 43.1. The predicted molar refractivity (Wildman–Crippen MR) is 81.8 cm³/mol. The number of aryl methyl sites for hydroxylation is 1. The fourth-order valence-corrected chi connectivity index (χ4v) is 1.98. The Morgan fingerprint density at radius 3 is 2.48 bits per heavy atom. The van der Waals surface area contributed by atoms with Crippen molar-refractivity contribution in [3.8, 4) is 5.75 Å². The van der Waals surface area contributed by atoms with Crippen molar-refractivity contribution in [2.24, 2.45) is 0 Å². The van der Waals surface area contributed by atoms with Gasteiger partial charge in [0.15, 0.2) is 0 Å². The summed E-state index contributed by atoms with van der Waals surface area (Å²) in [4.78, 5) is 12.0. The zero-order valence-electron chi connectivity index (χ0n) is 12.5. The van der Waals surface area contributed by atoms with E-state index in [-0.39, 0.29) is 5.69 Å². The van der Waals surface area contributed by atoms with Gasteiger partial charge < -0.3 is 15.4 Å². The molecule has 2 rings (SSSR count). The van der Waals surface area contributed by atoms with Crippen LogP contribution in [0.25, 0.3) is 0 Å². The number of hydrogen-bond acceptors (Lipinski definition) is 2. The highest BCUT2D eigenvalue weighted by molar-refractivity contribution is 6.00. The Hall–Kier alpha value is -2.70. The number of carbonyl (C=O) groups excluding carboxylic acids is 1. The molecule has 23 heavy (non-hydrogen) atoms. The average Bonchev–Trinajstić information content (AvgIpc) is 2.46. The Morgan fingerprint density at radius 1 is 1.09 bits per heavy atom. The third-order valence-corrected chi connectivity index (χ3v) is 3.05. The zero-order chi connectivity index (χ0) is 17.0. The van der Waals surface area contributed by atoms with Crippen molar-refractivity contribution < 1.29 is 22.7 Å². The summed E-state index contributed by atoms with van der Waals surface area (Å²) in [7, 11) is 1.46. The van der Waals surface area contributed by atoms with E-state index in [4.69, 9.17) is 4.74 Å². The molecule has 2 aromatic carbocycles. The number of rotatable bonds is 3. The number of amides is 2. The molecule has 0 aliphatic heterocycles. The summed E-state index contributed by atoms with van der Waals surface area (Å²) in [6, 6.07) is 8.95. The van der Waals surface area contributed by atoms with Gasteiger partial charge >= 0.3 is 12.2 Å². The Kier molecular flexibility index (Phi) is 4.78. The SMILES string of the molecule is COc1ccc(C)cc1NC(=O)Nc1cccc(C(F)(F)F)c1. The van der Waals surface area contributed by atoms with Gasteiger partial charge in [-0.3, -0.25) is 0 Å². The van der Waals surface area contributed by atoms with Gasteiger partial charge in [-0.15, -0.1) is 0 Å². The van der Waals surface area contributed by atoms with Crippen LogP contribution in [0.4, 0.5) is 29.3 Å². The first-order valence-electron chi connectivity index (χ1n) is 6.69. The van der Waals surface area contributed by atoms with Crippen LogP contribution in [0.3, 0.4) is 0 Å². The number of methoxy groups -OCH3 is 1. The summed E-state index contributed by atoms with van der Waals surface area (Å²) in [6.07, 6.45) is -4.46. The molecule has 0 unspecified atom stereocenters. The summed E-state index contributed by atoms with van der Waals surface area (Å²) >= 11 is 0. The molecule has 0 saturated heterocycles. The van der Waals surface area contributed by atoms with Crippen LogP contribution < -0.4 is 15.4 Å². The van der Waals surface area contributed by atoms with Gasteiger partial charge in [-0.1, -0.05) is 12.1 Å². The molecule has 0 aromatic heterocycles. The van der Waals surface area contributed by atoms with E-state index in [1.165, 1.54) is 19.2 Å². The number of ether oxygens (including phenoxy) is 1. The first kappa shape index (κ1) is 16.7. The van der Waals surface area contributed by atoms with E-state index in [2.05, 4.69) is 10.6 Å². The molecule has 0 heterocycles. The quantitative estimate of drug-likeness (QED) is 0.862. The lowest BCUT2D eigenvalue weighted by molar-refractivity contribution is -0.137. The van der Waals surface area contributed by atoms with Crippen molar-refractivity contribution in [1.82, 2.24) is 0 Å². The van der Waals surface area contributed by atoms with Crippen LogP contribution in [0.5, 0.6) is 5.75 Å². The van der Waals surface area contributed by atoms with Crippen LogP contribution in [0.2, 0.25) is 0 Å². The van der Waals surface area contributed by atoms with E-state index < -0.39 is 17.8 Å². The number of alkyl halides is 3. The number of hydrogen-bond donors (Lipinski definition) is 2. The second kappa shape index (κ2) is 6.60. The minimum atomic E-state index is -4.46. The van der Waals surface area contributed by atoms with Crippen LogP contribution in [0, 0.1) is 6.92 Å². The van der Waals surface area contributed by atoms with Gasteiger partial charge in [0.2, 0.25) is 0 Å². The predicted octanol–water partition coefficient (Wildman–Crippen LogP) is 4.67. The van der Waals surface area contributed by atoms with E-state index >= 15 is 0 Å². The summed E-state index contributed by atoms with van der Waals surface area (Å²) in [5, 5.41) is 4.92. The highest BCUT2D eigenvalue weighted by Gasteiger charge is 2.30. The van der Waals surface area contributed by atoms with E-state index in [1.807, 2.05) is 13.0 Å². The van der Waals surface area contributed by atoms with Crippen LogP contribution in [0.1, 0.15) is 11.1 Å². The zero-order valence-corrected chi connectivity index (χ0v) is 12.5. The first-order valence-corrected chi connectivity index (χ1v) is 6.69. The Labute approximate surface area is 131 Å². The third-order valence-electron chi connectivity index (χ3n) is 3.05. The van der Waals surface area contributed by atoms with Gasteiger partial charge in [0.05, 0.1) is 18.4 Å². The normalized spacial score (nSPS) is 11.0. The van der Waals surface area contributed by atoms with E-state index in [9.17, 15) is 18.0 Å². The smallest absolute Gasteiger partial charge is 0.416 e. The lowest BCUT2D eigenvalue weighted by Gasteiger charge is -2.13. The number of carbonyl (C=O) groups is 1. The second-order valence-electron chi connectivity index (χ2n) is 4.86. The Morgan fingerprint density at radius 2 is 1.83 bits per heavy atom. The fourth-order valence-electron chi connectivity index (χ4n) is 1.98. The van der Waals surface area contributed by atoms with Gasteiger partial charge in [-0.25, -0.2) is 4.79 Å². The number of benzene rings is 2. The van der Waals surface area contributed by atoms with E-state index in [0.717, 1.165) is 17.7 Å². The maximum absolute atomic E-state index is 12.7. The van der Waals surface area contributed by atoms with E-state index in [1.54, 1.807) is 12.1 Å². The molecule has 0 spiro atoms. The standard InChI is InChI=1S/C16H15F3N2O2/c1-10-6-7-14(23-2)13(8-10)21-15(22)20-12-5-3-4-11(9-12)16(17,18)19/h3-9H,1-2H3,(H2,20,21,22). The number of halogens is 3. The molecule has 0 aliphatic rings. The molecule has 2 amide bonds. The van der Waals surface area contributed by atoms with Crippen LogP contribution in [-0.2, 0) is 6.18 Å². The minimum Gasteiger partial charge on any atom is -0.495 e. The molecule has 2 aromatic rings. The van der Waals surface area contributed by atoms with Crippen LogP contribution in [-0.4, -0.2) is 13.1 Å². The average molecular weight is 324 g/mol. The van der Waals surface area contributed by atoms with Crippen molar-refractivity contribution in [2.45, 2.75) is 13.1 Å². The summed E-state index contributed by atoms with van der Waals surface area (Å²) in [5.74, 6) is 0.454. The van der Waals surface area contributed by atoms with Crippen molar-refractivity contribution in [3.05, 3.63) is 53.6 Å². The van der Waals surface area contributed by atoms with Crippen molar-refractivity contribution in [1.29, 1.82) is 0 Å². The van der Waals surface area contributed by atoms with Crippen LogP contribution >= 0.6 is 0 Å². The summed E-state index contributed by atoms with van der Waals surface area (Å²) in [6.45, 7) is 1.84. The third kappa shape index (κ3) is 4.38. The molecule has 0 radical (unpaired) electrons. The van der Waals surface area contributed by atoms with Crippen LogP contribution in [0.15, 0.2) is 42.5 Å². The summed E-state index contributed by atoms with van der Waals surface area (Å²) in [5.41, 5.74) is 0.546. The van der Waals surface area contributed by atoms with E-state index in [0.29, 0.717) is 11.4 Å². The molecule has 2 N–H and O–H groups in total. The lowest BCUT2D eigenvalue weighted by Crippen LogP contribution is -2.20. The molecule has 4 nitrogen and oxygen atoms in total. The topological polar surface area (TPSA) is 50.4 Å². The fraction of sp³-hybridized carbons (Fsp3) is 0.188. The molecule has 0 fully saturated rings. The maximum Gasteiger partial charge on any atom is 0.416 e. The Bertz CT molecular complexity index is 715. The molecule has 0 saturated carbocycles. The number of anilines is 2. The monoisotopic (exact) mass is 324 g/mol. The largest absolute Gasteiger partial charge is 0.495 e. The van der Waals surface area contributed by atoms with Gasteiger partial charge in [0.25, 0.3) is 0 Å². The molecular formula is C16H15F3N2O2. The molecule has 0 atom stereocenters. The molecule has 0 bridgehead atoms. The van der Waals surface area contributed by atoms with Crippen molar-refractivity contribution in [3.63, 3.8) is 0 Å². The van der Waals surface area contributed by atoms with Gasteiger partial charge in [-0.05, 0) is 42.8 Å². The molecule has 122 valence electrons. The second-order valence-corrected chi connectivity index (χ2v) is 4.86. The van der Waals surface area contributed by atoms with Crippen molar-refractivity contribution >= 4 is 17.4 Å².